The van der Waals surface area contributed by atoms with Crippen LogP contribution in [0.3, 0.4) is 0 Å². The van der Waals surface area contributed by atoms with Gasteiger partial charge in [-0.05, 0) is 41.2 Å². The summed E-state index contributed by atoms with van der Waals surface area (Å²) in [5, 5.41) is 14.3. The van der Waals surface area contributed by atoms with Crippen LogP contribution in [0, 0.1) is 0 Å². The topological polar surface area (TPSA) is 75.9 Å². The minimum Gasteiger partial charge on any atom is -0.350 e. The molecular formula is C20H24N6O. The van der Waals surface area contributed by atoms with E-state index in [0.29, 0.717) is 17.8 Å². The quantitative estimate of drug-likeness (QED) is 0.664. The Labute approximate surface area is 159 Å². The predicted octanol–water partition coefficient (Wildman–Crippen LogP) is 2.48. The van der Waals surface area contributed by atoms with E-state index in [2.05, 4.69) is 51.7 Å². The van der Waals surface area contributed by atoms with Crippen LogP contribution < -0.4 is 5.32 Å². The molecule has 0 aliphatic rings. The summed E-state index contributed by atoms with van der Waals surface area (Å²) in [5.74, 6) is -0.144. The number of carbonyl (C=O) groups excluding carboxylic acids is 1. The van der Waals surface area contributed by atoms with Crippen molar-refractivity contribution < 1.29 is 4.79 Å². The van der Waals surface area contributed by atoms with Crippen LogP contribution in [0.1, 0.15) is 35.8 Å². The van der Waals surface area contributed by atoms with Crippen molar-refractivity contribution in [1.29, 1.82) is 0 Å². The summed E-state index contributed by atoms with van der Waals surface area (Å²) in [7, 11) is 0. The zero-order chi connectivity index (χ0) is 19.1. The van der Waals surface area contributed by atoms with E-state index < -0.39 is 0 Å². The lowest BCUT2D eigenvalue weighted by atomic mass is 10.0. The number of hydrogen-bond donors (Lipinski definition) is 1. The number of likely N-dealkylation sites (N-methyl/N-ethyl adjacent to an activating group) is 1. The van der Waals surface area contributed by atoms with Gasteiger partial charge in [0.2, 0.25) is 0 Å². The fourth-order valence-corrected chi connectivity index (χ4v) is 3.22. The molecule has 0 saturated carbocycles. The second-order valence-electron chi connectivity index (χ2n) is 6.13. The Morgan fingerprint density at radius 1 is 1.07 bits per heavy atom. The molecule has 1 amide bonds. The fourth-order valence-electron chi connectivity index (χ4n) is 3.22. The maximum absolute atomic E-state index is 12.9. The lowest BCUT2D eigenvalue weighted by molar-refractivity contribution is 0.0935. The number of benzene rings is 2. The molecule has 0 radical (unpaired) electrons. The molecular weight excluding hydrogens is 340 g/mol. The molecule has 1 unspecified atom stereocenters. The molecule has 3 aromatic rings. The van der Waals surface area contributed by atoms with Crippen LogP contribution in [-0.4, -0.2) is 50.6 Å². The summed E-state index contributed by atoms with van der Waals surface area (Å²) < 4.78 is 1.49. The van der Waals surface area contributed by atoms with E-state index in [1.165, 1.54) is 16.6 Å². The maximum Gasteiger partial charge on any atom is 0.253 e. The number of hydrogen-bond acceptors (Lipinski definition) is 5. The van der Waals surface area contributed by atoms with Gasteiger partial charge >= 0.3 is 0 Å². The Balaban J connectivity index is 1.79. The molecule has 27 heavy (non-hydrogen) atoms. The monoisotopic (exact) mass is 364 g/mol. The van der Waals surface area contributed by atoms with E-state index in [1.807, 2.05) is 36.4 Å². The van der Waals surface area contributed by atoms with E-state index in [4.69, 9.17) is 0 Å². The number of aromatic nitrogens is 4. The molecule has 7 heteroatoms. The first kappa shape index (κ1) is 18.7. The molecule has 0 aliphatic heterocycles. The van der Waals surface area contributed by atoms with E-state index >= 15 is 0 Å². The molecule has 0 aliphatic carbocycles. The van der Waals surface area contributed by atoms with Crippen LogP contribution in [0.4, 0.5) is 0 Å². The Bertz CT molecular complexity index is 846. The molecule has 0 spiro atoms. The molecule has 0 saturated heterocycles. The number of rotatable bonds is 8. The lowest BCUT2D eigenvalue weighted by Crippen LogP contribution is -2.38. The Morgan fingerprint density at radius 2 is 1.78 bits per heavy atom. The van der Waals surface area contributed by atoms with E-state index in [0.717, 1.165) is 13.1 Å². The van der Waals surface area contributed by atoms with Crippen LogP contribution in [0.2, 0.25) is 0 Å². The zero-order valence-electron chi connectivity index (χ0n) is 15.6. The minimum absolute atomic E-state index is 0.116. The van der Waals surface area contributed by atoms with Crippen LogP contribution in [0.25, 0.3) is 5.69 Å². The average molecular weight is 364 g/mol. The molecule has 0 fully saturated rings. The molecule has 140 valence electrons. The van der Waals surface area contributed by atoms with Gasteiger partial charge in [0.05, 0.1) is 17.3 Å². The van der Waals surface area contributed by atoms with Crippen molar-refractivity contribution >= 4 is 5.91 Å². The third-order valence-corrected chi connectivity index (χ3v) is 4.64. The Morgan fingerprint density at radius 3 is 2.44 bits per heavy atom. The van der Waals surface area contributed by atoms with Crippen molar-refractivity contribution in [3.05, 3.63) is 72.1 Å². The van der Waals surface area contributed by atoms with Gasteiger partial charge in [0.1, 0.15) is 6.33 Å². The molecule has 3 rings (SSSR count). The van der Waals surface area contributed by atoms with Gasteiger partial charge in [0.15, 0.2) is 0 Å². The van der Waals surface area contributed by atoms with Crippen molar-refractivity contribution in [2.24, 2.45) is 0 Å². The van der Waals surface area contributed by atoms with Gasteiger partial charge in [-0.2, -0.15) is 4.68 Å². The van der Waals surface area contributed by atoms with Crippen molar-refractivity contribution in [2.45, 2.75) is 19.9 Å². The summed E-state index contributed by atoms with van der Waals surface area (Å²) >= 11 is 0. The molecule has 7 nitrogen and oxygen atoms in total. The molecule has 1 heterocycles. The van der Waals surface area contributed by atoms with Gasteiger partial charge in [-0.15, -0.1) is 5.10 Å². The summed E-state index contributed by atoms with van der Waals surface area (Å²) in [6.45, 7) is 6.61. The first-order valence-corrected chi connectivity index (χ1v) is 9.14. The molecule has 1 aromatic heterocycles. The predicted molar refractivity (Wildman–Crippen MR) is 104 cm³/mol. The SMILES string of the molecule is CCN(CC)C(CNC(=O)c1ccccc1-n1cnnn1)c1ccccc1. The second-order valence-corrected chi connectivity index (χ2v) is 6.13. The second kappa shape index (κ2) is 9.05. The smallest absolute Gasteiger partial charge is 0.253 e. The number of amides is 1. The highest BCUT2D eigenvalue weighted by Gasteiger charge is 2.20. The minimum atomic E-state index is -0.144. The number of carbonyl (C=O) groups is 1. The normalized spacial score (nSPS) is 12.1. The summed E-state index contributed by atoms with van der Waals surface area (Å²) in [6, 6.07) is 17.7. The van der Waals surface area contributed by atoms with Crippen LogP contribution >= 0.6 is 0 Å². The zero-order valence-corrected chi connectivity index (χ0v) is 15.6. The number of para-hydroxylation sites is 1. The van der Waals surface area contributed by atoms with E-state index in [1.54, 1.807) is 6.07 Å². The van der Waals surface area contributed by atoms with Gasteiger partial charge in [-0.25, -0.2) is 0 Å². The van der Waals surface area contributed by atoms with Crippen LogP contribution in [0.15, 0.2) is 60.9 Å². The molecule has 1 atom stereocenters. The van der Waals surface area contributed by atoms with E-state index in [9.17, 15) is 4.79 Å². The molecule has 0 bridgehead atoms. The van der Waals surface area contributed by atoms with Crippen molar-refractivity contribution in [2.75, 3.05) is 19.6 Å². The van der Waals surface area contributed by atoms with Gasteiger partial charge in [0.25, 0.3) is 5.91 Å². The van der Waals surface area contributed by atoms with E-state index in [-0.39, 0.29) is 11.9 Å². The van der Waals surface area contributed by atoms with Gasteiger partial charge in [0, 0.05) is 6.54 Å². The van der Waals surface area contributed by atoms with Gasteiger partial charge < -0.3 is 5.32 Å². The largest absolute Gasteiger partial charge is 0.350 e. The molecule has 1 N–H and O–H groups in total. The number of nitrogens with one attached hydrogen (secondary N) is 1. The molecule has 2 aromatic carbocycles. The summed E-state index contributed by atoms with van der Waals surface area (Å²) in [4.78, 5) is 15.2. The van der Waals surface area contributed by atoms with Crippen LogP contribution in [0.5, 0.6) is 0 Å². The van der Waals surface area contributed by atoms with Crippen LogP contribution in [-0.2, 0) is 0 Å². The maximum atomic E-state index is 12.9. The number of nitrogens with zero attached hydrogens (tertiary/aromatic N) is 5. The average Bonchev–Trinajstić information content (AvgIpc) is 3.26. The first-order chi connectivity index (χ1) is 13.2. The highest BCUT2D eigenvalue weighted by Crippen LogP contribution is 2.20. The third-order valence-electron chi connectivity index (χ3n) is 4.64. The highest BCUT2D eigenvalue weighted by atomic mass is 16.1. The van der Waals surface area contributed by atoms with Crippen molar-refractivity contribution in [1.82, 2.24) is 30.4 Å². The first-order valence-electron chi connectivity index (χ1n) is 9.14. The third kappa shape index (κ3) is 4.38. The van der Waals surface area contributed by atoms with Crippen molar-refractivity contribution in [3.63, 3.8) is 0 Å². The lowest BCUT2D eigenvalue weighted by Gasteiger charge is -2.30. The number of tetrazole rings is 1. The standard InChI is InChI=1S/C20H24N6O/c1-3-25(4-2)19(16-10-6-5-7-11-16)14-21-20(27)17-12-8-9-13-18(17)26-15-22-23-24-26/h5-13,15,19H,3-4,14H2,1-2H3,(H,21,27). The fraction of sp³-hybridized carbons (Fsp3) is 0.300. The van der Waals surface area contributed by atoms with Gasteiger partial charge in [-0.1, -0.05) is 56.3 Å². The van der Waals surface area contributed by atoms with Gasteiger partial charge in [-0.3, -0.25) is 9.69 Å². The summed E-state index contributed by atoms with van der Waals surface area (Å²) in [6.07, 6.45) is 1.48. The Kier molecular flexibility index (Phi) is 6.27. The summed E-state index contributed by atoms with van der Waals surface area (Å²) in [5.41, 5.74) is 2.38. The Hall–Kier alpha value is -3.06. The van der Waals surface area contributed by atoms with Crippen molar-refractivity contribution in [3.8, 4) is 5.69 Å². The highest BCUT2D eigenvalue weighted by molar-refractivity contribution is 5.97.